The summed E-state index contributed by atoms with van der Waals surface area (Å²) in [4.78, 5) is 16.7. The molecule has 1 aliphatic carbocycles. The molecule has 2 fully saturated rings. The molecular formula is C22H25ClN6O2. The van der Waals surface area contributed by atoms with E-state index in [1.165, 1.54) is 0 Å². The summed E-state index contributed by atoms with van der Waals surface area (Å²) in [6.45, 7) is 6.62. The van der Waals surface area contributed by atoms with Crippen LogP contribution in [0.5, 0.6) is 5.75 Å². The predicted molar refractivity (Wildman–Crippen MR) is 118 cm³/mol. The second-order valence-electron chi connectivity index (χ2n) is 8.32. The van der Waals surface area contributed by atoms with Crippen LogP contribution in [0.2, 0.25) is 5.02 Å². The van der Waals surface area contributed by atoms with Crippen molar-refractivity contribution in [2.24, 2.45) is 0 Å². The number of aromatic nitrogens is 4. The van der Waals surface area contributed by atoms with E-state index in [-0.39, 0.29) is 12.5 Å². The molecule has 162 valence electrons. The fourth-order valence-electron chi connectivity index (χ4n) is 3.97. The summed E-state index contributed by atoms with van der Waals surface area (Å²) in [7, 11) is 0. The summed E-state index contributed by atoms with van der Waals surface area (Å²) in [5.74, 6) is 2.99. The normalized spacial score (nSPS) is 16.7. The van der Waals surface area contributed by atoms with Crippen molar-refractivity contribution < 1.29 is 9.53 Å². The van der Waals surface area contributed by atoms with Gasteiger partial charge in [-0.15, -0.1) is 15.3 Å². The molecule has 2 aromatic heterocycles. The average Bonchev–Trinajstić information content (AvgIpc) is 3.54. The van der Waals surface area contributed by atoms with E-state index in [4.69, 9.17) is 21.4 Å². The van der Waals surface area contributed by atoms with Crippen LogP contribution < -0.4 is 9.64 Å². The van der Waals surface area contributed by atoms with Crippen LogP contribution in [0.1, 0.15) is 35.7 Å². The minimum absolute atomic E-state index is 0.0110. The third-order valence-corrected chi connectivity index (χ3v) is 6.54. The fourth-order valence-corrected chi connectivity index (χ4v) is 4.08. The molecule has 8 nitrogen and oxygen atoms in total. The highest BCUT2D eigenvalue weighted by atomic mass is 35.5. The number of fused-ring (bicyclic) bond motifs is 1. The first-order valence-electron chi connectivity index (χ1n) is 10.6. The zero-order chi connectivity index (χ0) is 21.5. The number of carbonyl (C=O) groups is 1. The lowest BCUT2D eigenvalue weighted by Crippen LogP contribution is -2.50. The Bertz CT molecular complexity index is 1110. The number of ether oxygens (including phenoxy) is 1. The van der Waals surface area contributed by atoms with Gasteiger partial charge in [0.2, 0.25) is 0 Å². The van der Waals surface area contributed by atoms with Gasteiger partial charge in [-0.05, 0) is 62.1 Å². The molecule has 1 aliphatic heterocycles. The summed E-state index contributed by atoms with van der Waals surface area (Å²) in [5, 5.41) is 14.0. The first-order chi connectivity index (χ1) is 15.0. The van der Waals surface area contributed by atoms with Crippen molar-refractivity contribution in [2.75, 3.05) is 37.7 Å². The lowest BCUT2D eigenvalue weighted by Gasteiger charge is -2.35. The Kier molecular flexibility index (Phi) is 5.17. The van der Waals surface area contributed by atoms with Crippen molar-refractivity contribution in [1.82, 2.24) is 24.7 Å². The number of benzene rings is 1. The maximum absolute atomic E-state index is 12.6. The molecule has 0 radical (unpaired) electrons. The van der Waals surface area contributed by atoms with Crippen LogP contribution in [0.4, 0.5) is 5.82 Å². The molecule has 0 atom stereocenters. The number of piperazine rings is 1. The number of anilines is 1. The topological polar surface area (TPSA) is 75.9 Å². The van der Waals surface area contributed by atoms with Gasteiger partial charge in [0.15, 0.2) is 18.1 Å². The Morgan fingerprint density at radius 2 is 1.81 bits per heavy atom. The number of halogens is 1. The van der Waals surface area contributed by atoms with E-state index in [2.05, 4.69) is 15.1 Å². The minimum atomic E-state index is -0.0110. The molecule has 3 aromatic rings. The highest BCUT2D eigenvalue weighted by Crippen LogP contribution is 2.38. The Labute approximate surface area is 185 Å². The summed E-state index contributed by atoms with van der Waals surface area (Å²) >= 11 is 6.20. The number of rotatable bonds is 5. The number of amides is 1. The predicted octanol–water partition coefficient (Wildman–Crippen LogP) is 3.00. The molecule has 1 saturated carbocycles. The summed E-state index contributed by atoms with van der Waals surface area (Å²) in [6, 6.07) is 7.67. The van der Waals surface area contributed by atoms with E-state index in [0.717, 1.165) is 59.4 Å². The van der Waals surface area contributed by atoms with E-state index in [9.17, 15) is 4.79 Å². The van der Waals surface area contributed by atoms with Crippen LogP contribution >= 0.6 is 11.6 Å². The van der Waals surface area contributed by atoms with Crippen LogP contribution in [0.15, 0.2) is 24.3 Å². The number of hydrogen-bond acceptors (Lipinski definition) is 6. The zero-order valence-electron chi connectivity index (χ0n) is 17.7. The van der Waals surface area contributed by atoms with Gasteiger partial charge in [-0.3, -0.25) is 4.79 Å². The smallest absolute Gasteiger partial charge is 0.260 e. The third kappa shape index (κ3) is 4.04. The van der Waals surface area contributed by atoms with Crippen molar-refractivity contribution in [3.05, 3.63) is 46.2 Å². The Hall–Kier alpha value is -2.87. The van der Waals surface area contributed by atoms with Gasteiger partial charge < -0.3 is 14.5 Å². The van der Waals surface area contributed by atoms with Crippen molar-refractivity contribution in [3.63, 3.8) is 0 Å². The molecule has 3 heterocycles. The number of nitrogens with zero attached hydrogens (tertiary/aromatic N) is 6. The molecule has 1 amide bonds. The van der Waals surface area contributed by atoms with Crippen LogP contribution in [-0.4, -0.2) is 63.4 Å². The van der Waals surface area contributed by atoms with Gasteiger partial charge in [0.25, 0.3) is 5.91 Å². The van der Waals surface area contributed by atoms with Gasteiger partial charge in [-0.25, -0.2) is 0 Å². The maximum atomic E-state index is 12.6. The molecule has 1 aromatic carbocycles. The molecule has 0 unspecified atom stereocenters. The molecule has 0 N–H and O–H groups in total. The van der Waals surface area contributed by atoms with E-state index in [1.54, 1.807) is 0 Å². The zero-order valence-corrected chi connectivity index (χ0v) is 18.5. The monoisotopic (exact) mass is 440 g/mol. The minimum Gasteiger partial charge on any atom is -0.484 e. The lowest BCUT2D eigenvalue weighted by molar-refractivity contribution is -0.133. The quantitative estimate of drug-likeness (QED) is 0.607. The molecule has 2 aliphatic rings. The number of aryl methyl sites for hydroxylation is 2. The highest BCUT2D eigenvalue weighted by Gasteiger charge is 2.30. The van der Waals surface area contributed by atoms with Crippen LogP contribution in [0, 0.1) is 13.8 Å². The summed E-state index contributed by atoms with van der Waals surface area (Å²) in [6.07, 6.45) is 2.31. The van der Waals surface area contributed by atoms with Gasteiger partial charge in [0, 0.05) is 37.1 Å². The number of carbonyl (C=O) groups excluding carboxylic acids is 1. The van der Waals surface area contributed by atoms with Crippen LogP contribution in [-0.2, 0) is 4.79 Å². The van der Waals surface area contributed by atoms with Gasteiger partial charge >= 0.3 is 0 Å². The van der Waals surface area contributed by atoms with Gasteiger partial charge in [0.1, 0.15) is 11.6 Å². The second kappa shape index (κ2) is 8.00. The standard InChI is InChI=1S/C22H25ClN6O2/c1-14-11-17(12-15(2)21(14)23)31-13-20(30)28-9-7-27(8-10-28)19-6-5-18-24-25-22(16-3-4-16)29(18)26-19/h5-6,11-12,16H,3-4,7-10,13H2,1-2H3. The highest BCUT2D eigenvalue weighted by molar-refractivity contribution is 6.32. The summed E-state index contributed by atoms with van der Waals surface area (Å²) in [5.41, 5.74) is 2.67. The molecule has 0 bridgehead atoms. The lowest BCUT2D eigenvalue weighted by atomic mass is 10.1. The maximum Gasteiger partial charge on any atom is 0.260 e. The Balaban J connectivity index is 1.19. The van der Waals surface area contributed by atoms with E-state index < -0.39 is 0 Å². The summed E-state index contributed by atoms with van der Waals surface area (Å²) < 4.78 is 7.61. The molecule has 0 spiro atoms. The van der Waals surface area contributed by atoms with E-state index in [1.807, 2.05) is 47.5 Å². The first-order valence-corrected chi connectivity index (χ1v) is 11.0. The number of hydrogen-bond donors (Lipinski definition) is 0. The largest absolute Gasteiger partial charge is 0.484 e. The molecule has 9 heteroatoms. The van der Waals surface area contributed by atoms with Gasteiger partial charge in [0.05, 0.1) is 0 Å². The SMILES string of the molecule is Cc1cc(OCC(=O)N2CCN(c3ccc4nnc(C5CC5)n4n3)CC2)cc(C)c1Cl. The van der Waals surface area contributed by atoms with Gasteiger partial charge in [-0.1, -0.05) is 11.6 Å². The van der Waals surface area contributed by atoms with Crippen LogP contribution in [0.25, 0.3) is 5.65 Å². The fraction of sp³-hybridized carbons (Fsp3) is 0.455. The molecule has 1 saturated heterocycles. The molecule has 31 heavy (non-hydrogen) atoms. The third-order valence-electron chi connectivity index (χ3n) is 5.94. The van der Waals surface area contributed by atoms with E-state index >= 15 is 0 Å². The first kappa shape index (κ1) is 20.1. The van der Waals surface area contributed by atoms with Crippen molar-refractivity contribution in [2.45, 2.75) is 32.6 Å². The van der Waals surface area contributed by atoms with Gasteiger partial charge in [-0.2, -0.15) is 4.52 Å². The molecular weight excluding hydrogens is 416 g/mol. The van der Waals surface area contributed by atoms with E-state index in [0.29, 0.717) is 24.8 Å². The Morgan fingerprint density at radius 1 is 1.10 bits per heavy atom. The average molecular weight is 441 g/mol. The second-order valence-corrected chi connectivity index (χ2v) is 8.70. The molecule has 5 rings (SSSR count). The van der Waals surface area contributed by atoms with Crippen molar-refractivity contribution in [3.8, 4) is 5.75 Å². The van der Waals surface area contributed by atoms with Crippen molar-refractivity contribution in [1.29, 1.82) is 0 Å². The Morgan fingerprint density at radius 3 is 2.48 bits per heavy atom. The van der Waals surface area contributed by atoms with Crippen LogP contribution in [0.3, 0.4) is 0 Å². The van der Waals surface area contributed by atoms with Crippen molar-refractivity contribution >= 4 is 29.0 Å².